The molecule has 1 radical (unpaired) electrons. The van der Waals surface area contributed by atoms with Crippen LogP contribution in [-0.4, -0.2) is 6.04 Å². The van der Waals surface area contributed by atoms with Crippen LogP contribution < -0.4 is 5.32 Å². The zero-order valence-electron chi connectivity index (χ0n) is 6.02. The topological polar surface area (TPSA) is 12.0 Å². The predicted octanol–water partition coefficient (Wildman–Crippen LogP) is 1.84. The molecule has 0 saturated heterocycles. The van der Waals surface area contributed by atoms with Crippen molar-refractivity contribution in [1.82, 2.24) is 0 Å². The lowest BCUT2D eigenvalue weighted by Crippen LogP contribution is -2.08. The van der Waals surface area contributed by atoms with E-state index in [9.17, 15) is 0 Å². The molecule has 51 valence electrons. The molecule has 0 fully saturated rings. The van der Waals surface area contributed by atoms with E-state index in [4.69, 9.17) is 0 Å². The van der Waals surface area contributed by atoms with Crippen molar-refractivity contribution in [3.8, 4) is 0 Å². The van der Waals surface area contributed by atoms with E-state index in [1.807, 2.05) is 12.1 Å². The molecule has 1 nitrogen and oxygen atoms in total. The van der Waals surface area contributed by atoms with Gasteiger partial charge in [0.2, 0.25) is 0 Å². The SMILES string of the molecule is CC1Cc2[c]cccc2N1. The van der Waals surface area contributed by atoms with Crippen molar-refractivity contribution in [2.45, 2.75) is 19.4 Å². The molecule has 1 aliphatic rings. The second kappa shape index (κ2) is 2.01. The summed E-state index contributed by atoms with van der Waals surface area (Å²) in [6.07, 6.45) is 1.12. The van der Waals surface area contributed by atoms with Crippen molar-refractivity contribution >= 4 is 5.69 Å². The largest absolute Gasteiger partial charge is 0.382 e. The Bertz CT molecular complexity index is 217. The molecule has 1 heterocycles. The summed E-state index contributed by atoms with van der Waals surface area (Å²) in [6.45, 7) is 2.19. The molecule has 0 saturated carbocycles. The summed E-state index contributed by atoms with van der Waals surface area (Å²) in [4.78, 5) is 0. The second-order valence-electron chi connectivity index (χ2n) is 2.81. The minimum absolute atomic E-state index is 0.591. The van der Waals surface area contributed by atoms with Crippen molar-refractivity contribution in [3.63, 3.8) is 0 Å². The maximum absolute atomic E-state index is 3.37. The number of hydrogen-bond acceptors (Lipinski definition) is 1. The first kappa shape index (κ1) is 5.78. The summed E-state index contributed by atoms with van der Waals surface area (Å²) >= 11 is 0. The second-order valence-corrected chi connectivity index (χ2v) is 2.81. The summed E-state index contributed by atoms with van der Waals surface area (Å²) in [6, 6.07) is 9.90. The molecule has 1 aromatic rings. The highest BCUT2D eigenvalue weighted by molar-refractivity contribution is 5.55. The molecule has 1 aromatic carbocycles. The third kappa shape index (κ3) is 0.783. The molecule has 1 atom stereocenters. The van der Waals surface area contributed by atoms with Crippen LogP contribution in [-0.2, 0) is 6.42 Å². The third-order valence-corrected chi connectivity index (χ3v) is 1.85. The Kier molecular flexibility index (Phi) is 1.16. The van der Waals surface area contributed by atoms with Crippen molar-refractivity contribution in [2.24, 2.45) is 0 Å². The van der Waals surface area contributed by atoms with Gasteiger partial charge in [0.25, 0.3) is 0 Å². The van der Waals surface area contributed by atoms with Crippen LogP contribution in [0.3, 0.4) is 0 Å². The number of benzene rings is 1. The van der Waals surface area contributed by atoms with Crippen molar-refractivity contribution < 1.29 is 0 Å². The van der Waals surface area contributed by atoms with E-state index in [1.165, 1.54) is 11.3 Å². The fraction of sp³-hybridized carbons (Fsp3) is 0.333. The first-order chi connectivity index (χ1) is 4.86. The van der Waals surface area contributed by atoms with Gasteiger partial charge >= 0.3 is 0 Å². The maximum Gasteiger partial charge on any atom is 0.0381 e. The number of rotatable bonds is 0. The Labute approximate surface area is 61.1 Å². The third-order valence-electron chi connectivity index (χ3n) is 1.85. The quantitative estimate of drug-likeness (QED) is 0.568. The van der Waals surface area contributed by atoms with Gasteiger partial charge in [-0.1, -0.05) is 12.1 Å². The van der Waals surface area contributed by atoms with E-state index in [2.05, 4.69) is 24.4 Å². The molecule has 0 aliphatic carbocycles. The molecule has 0 amide bonds. The highest BCUT2D eigenvalue weighted by Gasteiger charge is 2.14. The van der Waals surface area contributed by atoms with Crippen LogP contribution in [0.2, 0.25) is 0 Å². The Hall–Kier alpha value is -0.980. The van der Waals surface area contributed by atoms with Crippen LogP contribution in [0.1, 0.15) is 12.5 Å². The first-order valence-electron chi connectivity index (χ1n) is 3.62. The average molecular weight is 132 g/mol. The van der Waals surface area contributed by atoms with E-state index in [0.717, 1.165) is 6.42 Å². The van der Waals surface area contributed by atoms with Gasteiger partial charge in [-0.2, -0.15) is 0 Å². The zero-order chi connectivity index (χ0) is 6.97. The fourth-order valence-corrected chi connectivity index (χ4v) is 1.40. The Morgan fingerprint density at radius 2 is 2.60 bits per heavy atom. The Balaban J connectivity index is 2.42. The summed E-state index contributed by atoms with van der Waals surface area (Å²) in [7, 11) is 0. The van der Waals surface area contributed by atoms with Gasteiger partial charge in [0.05, 0.1) is 0 Å². The summed E-state index contributed by atoms with van der Waals surface area (Å²) in [5.74, 6) is 0. The molecule has 2 rings (SSSR count). The smallest absolute Gasteiger partial charge is 0.0381 e. The van der Waals surface area contributed by atoms with Crippen molar-refractivity contribution in [2.75, 3.05) is 5.32 Å². The molecule has 10 heavy (non-hydrogen) atoms. The molecular weight excluding hydrogens is 122 g/mol. The molecule has 0 aromatic heterocycles. The van der Waals surface area contributed by atoms with Gasteiger partial charge in [-0.15, -0.1) is 0 Å². The normalized spacial score (nSPS) is 21.9. The van der Waals surface area contributed by atoms with E-state index in [1.54, 1.807) is 0 Å². The van der Waals surface area contributed by atoms with Crippen LogP contribution in [0.5, 0.6) is 0 Å². The van der Waals surface area contributed by atoms with Gasteiger partial charge in [-0.3, -0.25) is 0 Å². The minimum Gasteiger partial charge on any atom is -0.382 e. The summed E-state index contributed by atoms with van der Waals surface area (Å²) < 4.78 is 0. The molecule has 1 unspecified atom stereocenters. The minimum atomic E-state index is 0.591. The average Bonchev–Trinajstić information content (AvgIpc) is 2.27. The number of hydrogen-bond donors (Lipinski definition) is 1. The number of fused-ring (bicyclic) bond motifs is 1. The molecule has 0 bridgehead atoms. The maximum atomic E-state index is 3.37. The van der Waals surface area contributed by atoms with Crippen LogP contribution in [0.15, 0.2) is 18.2 Å². The lowest BCUT2D eigenvalue weighted by Gasteiger charge is -2.00. The van der Waals surface area contributed by atoms with Gasteiger partial charge in [0.1, 0.15) is 0 Å². The summed E-state index contributed by atoms with van der Waals surface area (Å²) in [5, 5.41) is 3.37. The molecule has 1 N–H and O–H groups in total. The van der Waals surface area contributed by atoms with Gasteiger partial charge in [0, 0.05) is 11.7 Å². The standard InChI is InChI=1S/C9H10N/c1-7-6-8-4-2-3-5-9(8)10-7/h2-3,5,7,10H,6H2,1H3. The summed E-state index contributed by atoms with van der Waals surface area (Å²) in [5.41, 5.74) is 2.59. The molecular formula is C9H10N. The lowest BCUT2D eigenvalue weighted by atomic mass is 10.1. The van der Waals surface area contributed by atoms with E-state index < -0.39 is 0 Å². The van der Waals surface area contributed by atoms with Crippen LogP contribution in [0, 0.1) is 6.07 Å². The van der Waals surface area contributed by atoms with Gasteiger partial charge < -0.3 is 5.32 Å². The van der Waals surface area contributed by atoms with E-state index >= 15 is 0 Å². The fourth-order valence-electron chi connectivity index (χ4n) is 1.40. The Morgan fingerprint density at radius 3 is 3.40 bits per heavy atom. The Morgan fingerprint density at radius 1 is 1.70 bits per heavy atom. The van der Waals surface area contributed by atoms with Crippen molar-refractivity contribution in [3.05, 3.63) is 29.8 Å². The predicted molar refractivity (Wildman–Crippen MR) is 42.1 cm³/mol. The van der Waals surface area contributed by atoms with Crippen molar-refractivity contribution in [1.29, 1.82) is 0 Å². The van der Waals surface area contributed by atoms with Gasteiger partial charge in [-0.25, -0.2) is 0 Å². The highest BCUT2D eigenvalue weighted by atomic mass is 14.9. The molecule has 0 spiro atoms. The van der Waals surface area contributed by atoms with Crippen LogP contribution in [0.4, 0.5) is 5.69 Å². The highest BCUT2D eigenvalue weighted by Crippen LogP contribution is 2.23. The van der Waals surface area contributed by atoms with Crippen LogP contribution >= 0.6 is 0 Å². The lowest BCUT2D eigenvalue weighted by molar-refractivity contribution is 0.839. The van der Waals surface area contributed by atoms with Crippen LogP contribution in [0.25, 0.3) is 0 Å². The van der Waals surface area contributed by atoms with Gasteiger partial charge in [-0.05, 0) is 31.0 Å². The van der Waals surface area contributed by atoms with Gasteiger partial charge in [0.15, 0.2) is 0 Å². The zero-order valence-corrected chi connectivity index (χ0v) is 6.02. The number of anilines is 1. The van der Waals surface area contributed by atoms with E-state index in [-0.39, 0.29) is 0 Å². The number of nitrogens with one attached hydrogen (secondary N) is 1. The molecule has 1 heteroatoms. The first-order valence-corrected chi connectivity index (χ1v) is 3.62. The molecule has 1 aliphatic heterocycles. The monoisotopic (exact) mass is 132 g/mol. The van der Waals surface area contributed by atoms with E-state index in [0.29, 0.717) is 6.04 Å².